The van der Waals surface area contributed by atoms with Gasteiger partial charge in [0.25, 0.3) is 5.91 Å². The number of benzene rings is 2. The van der Waals surface area contributed by atoms with Crippen LogP contribution in [0.5, 0.6) is 11.5 Å². The number of hydrogen-bond acceptors (Lipinski definition) is 5. The van der Waals surface area contributed by atoms with Crippen molar-refractivity contribution >= 4 is 11.8 Å². The molecule has 2 aromatic rings. The summed E-state index contributed by atoms with van der Waals surface area (Å²) in [4.78, 5) is 29.4. The summed E-state index contributed by atoms with van der Waals surface area (Å²) in [6, 6.07) is 15.3. The molecule has 2 atom stereocenters. The third-order valence-electron chi connectivity index (χ3n) is 5.92. The number of aryl methyl sites for hydroxylation is 1. The highest BCUT2D eigenvalue weighted by Crippen LogP contribution is 2.31. The fraction of sp³-hybridized carbons (Fsp3) is 0.417. The third-order valence-corrected chi connectivity index (χ3v) is 5.92. The Kier molecular flexibility index (Phi) is 6.42. The van der Waals surface area contributed by atoms with Crippen LogP contribution in [0.2, 0.25) is 0 Å². The molecule has 1 fully saturated rings. The van der Waals surface area contributed by atoms with E-state index in [1.807, 2.05) is 62.4 Å². The lowest BCUT2D eigenvalue weighted by Gasteiger charge is -2.39. The molecule has 0 saturated carbocycles. The van der Waals surface area contributed by atoms with Crippen molar-refractivity contribution in [2.45, 2.75) is 32.5 Å². The SMILES string of the molecule is Cc1ccc(CNC(=O)C(C)N2CCN(C(=O)C3COc4ccccc4O3)CC2)cc1. The van der Waals surface area contributed by atoms with Crippen molar-refractivity contribution in [2.24, 2.45) is 0 Å². The zero-order chi connectivity index (χ0) is 21.8. The van der Waals surface area contributed by atoms with E-state index < -0.39 is 6.10 Å². The van der Waals surface area contributed by atoms with Crippen molar-refractivity contribution in [3.8, 4) is 11.5 Å². The molecule has 164 valence electrons. The quantitative estimate of drug-likeness (QED) is 0.796. The fourth-order valence-corrected chi connectivity index (χ4v) is 3.88. The number of ether oxygens (including phenoxy) is 2. The molecule has 2 aromatic carbocycles. The lowest BCUT2D eigenvalue weighted by Crippen LogP contribution is -2.57. The molecule has 0 radical (unpaired) electrons. The first-order valence-electron chi connectivity index (χ1n) is 10.8. The van der Waals surface area contributed by atoms with Crippen LogP contribution in [0.1, 0.15) is 18.1 Å². The zero-order valence-electron chi connectivity index (χ0n) is 18.0. The maximum Gasteiger partial charge on any atom is 0.267 e. The maximum atomic E-state index is 12.9. The van der Waals surface area contributed by atoms with E-state index in [2.05, 4.69) is 10.2 Å². The van der Waals surface area contributed by atoms with Crippen molar-refractivity contribution in [3.63, 3.8) is 0 Å². The smallest absolute Gasteiger partial charge is 0.267 e. The molecular weight excluding hydrogens is 394 g/mol. The number of rotatable bonds is 5. The van der Waals surface area contributed by atoms with Crippen LogP contribution < -0.4 is 14.8 Å². The summed E-state index contributed by atoms with van der Waals surface area (Å²) in [6.45, 7) is 7.12. The number of fused-ring (bicyclic) bond motifs is 1. The lowest BCUT2D eigenvalue weighted by molar-refractivity contribution is -0.143. The summed E-state index contributed by atoms with van der Waals surface area (Å²) in [5.41, 5.74) is 2.28. The van der Waals surface area contributed by atoms with Crippen molar-refractivity contribution in [3.05, 3.63) is 59.7 Å². The number of nitrogens with one attached hydrogen (secondary N) is 1. The highest BCUT2D eigenvalue weighted by atomic mass is 16.6. The van der Waals surface area contributed by atoms with E-state index in [4.69, 9.17) is 9.47 Å². The molecule has 2 aliphatic heterocycles. The molecule has 0 bridgehead atoms. The van der Waals surface area contributed by atoms with Crippen molar-refractivity contribution < 1.29 is 19.1 Å². The van der Waals surface area contributed by atoms with Gasteiger partial charge in [-0.3, -0.25) is 14.5 Å². The van der Waals surface area contributed by atoms with E-state index in [1.165, 1.54) is 5.56 Å². The summed E-state index contributed by atoms with van der Waals surface area (Å²) in [7, 11) is 0. The Balaban J connectivity index is 1.24. The molecule has 7 heteroatoms. The van der Waals surface area contributed by atoms with Gasteiger partial charge >= 0.3 is 0 Å². The number of para-hydroxylation sites is 2. The summed E-state index contributed by atoms with van der Waals surface area (Å²) in [6.07, 6.45) is -0.628. The molecule has 2 amide bonds. The van der Waals surface area contributed by atoms with Crippen LogP contribution in [-0.2, 0) is 16.1 Å². The molecule has 2 aliphatic rings. The van der Waals surface area contributed by atoms with Crippen LogP contribution in [0.3, 0.4) is 0 Å². The molecule has 1 saturated heterocycles. The van der Waals surface area contributed by atoms with Crippen LogP contribution >= 0.6 is 0 Å². The van der Waals surface area contributed by atoms with Crippen LogP contribution in [0.25, 0.3) is 0 Å². The first kappa shape index (κ1) is 21.2. The van der Waals surface area contributed by atoms with Crippen molar-refractivity contribution in [1.82, 2.24) is 15.1 Å². The van der Waals surface area contributed by atoms with Crippen molar-refractivity contribution in [1.29, 1.82) is 0 Å². The van der Waals surface area contributed by atoms with Gasteiger partial charge in [-0.05, 0) is 31.5 Å². The third kappa shape index (κ3) is 4.99. The maximum absolute atomic E-state index is 12.9. The highest BCUT2D eigenvalue weighted by Gasteiger charge is 2.34. The molecule has 2 heterocycles. The summed E-state index contributed by atoms with van der Waals surface area (Å²) in [5, 5.41) is 3.01. The second kappa shape index (κ2) is 9.39. The predicted molar refractivity (Wildman–Crippen MR) is 117 cm³/mol. The van der Waals surface area contributed by atoms with Gasteiger partial charge in [0.1, 0.15) is 6.61 Å². The van der Waals surface area contributed by atoms with Crippen molar-refractivity contribution in [2.75, 3.05) is 32.8 Å². The molecule has 0 aromatic heterocycles. The van der Waals surface area contributed by atoms with Gasteiger partial charge in [-0.2, -0.15) is 0 Å². The lowest BCUT2D eigenvalue weighted by atomic mass is 10.1. The Labute approximate surface area is 182 Å². The van der Waals surface area contributed by atoms with E-state index in [9.17, 15) is 9.59 Å². The number of carbonyl (C=O) groups excluding carboxylic acids is 2. The summed E-state index contributed by atoms with van der Waals surface area (Å²) in [5.74, 6) is 1.21. The predicted octanol–water partition coefficient (Wildman–Crippen LogP) is 1.98. The fourth-order valence-electron chi connectivity index (χ4n) is 3.88. The second-order valence-electron chi connectivity index (χ2n) is 8.10. The Morgan fingerprint density at radius 2 is 1.71 bits per heavy atom. The molecule has 0 spiro atoms. The molecule has 1 N–H and O–H groups in total. The van der Waals surface area contributed by atoms with Gasteiger partial charge in [0.05, 0.1) is 6.04 Å². The second-order valence-corrected chi connectivity index (χ2v) is 8.10. The molecular formula is C24H29N3O4. The Hall–Kier alpha value is -3.06. The molecule has 0 aliphatic carbocycles. The van der Waals surface area contributed by atoms with E-state index >= 15 is 0 Å². The number of carbonyl (C=O) groups is 2. The summed E-state index contributed by atoms with van der Waals surface area (Å²) >= 11 is 0. The largest absolute Gasteiger partial charge is 0.485 e. The Morgan fingerprint density at radius 3 is 2.42 bits per heavy atom. The van der Waals surface area contributed by atoms with Gasteiger partial charge in [0.15, 0.2) is 11.5 Å². The van der Waals surface area contributed by atoms with Gasteiger partial charge < -0.3 is 19.7 Å². The standard InChI is InChI=1S/C24H29N3O4/c1-17-7-9-19(10-8-17)15-25-23(28)18(2)26-11-13-27(14-12-26)24(29)22-16-30-20-5-3-4-6-21(20)31-22/h3-10,18,22H,11-16H2,1-2H3,(H,25,28). The monoisotopic (exact) mass is 423 g/mol. The number of piperazine rings is 1. The van der Waals surface area contributed by atoms with Gasteiger partial charge in [0.2, 0.25) is 12.0 Å². The van der Waals surface area contributed by atoms with Gasteiger partial charge in [0, 0.05) is 32.7 Å². The van der Waals surface area contributed by atoms with E-state index in [0.717, 1.165) is 5.56 Å². The summed E-state index contributed by atoms with van der Waals surface area (Å²) < 4.78 is 11.5. The average molecular weight is 424 g/mol. The number of amides is 2. The van der Waals surface area contributed by atoms with Gasteiger partial charge in [-0.15, -0.1) is 0 Å². The molecule has 4 rings (SSSR count). The minimum Gasteiger partial charge on any atom is -0.485 e. The average Bonchev–Trinajstić information content (AvgIpc) is 2.82. The van der Waals surface area contributed by atoms with E-state index in [1.54, 1.807) is 4.90 Å². The number of nitrogens with zero attached hydrogens (tertiary/aromatic N) is 2. The molecule has 7 nitrogen and oxygen atoms in total. The minimum absolute atomic E-state index is 0.000900. The topological polar surface area (TPSA) is 71.1 Å². The Morgan fingerprint density at radius 1 is 1.03 bits per heavy atom. The highest BCUT2D eigenvalue weighted by molar-refractivity contribution is 5.83. The van der Waals surface area contributed by atoms with Gasteiger partial charge in [-0.1, -0.05) is 42.0 Å². The van der Waals surface area contributed by atoms with E-state index in [-0.39, 0.29) is 24.5 Å². The van der Waals surface area contributed by atoms with Crippen LogP contribution in [0, 0.1) is 6.92 Å². The Bertz CT molecular complexity index is 923. The van der Waals surface area contributed by atoms with Gasteiger partial charge in [-0.25, -0.2) is 0 Å². The molecule has 2 unspecified atom stereocenters. The van der Waals surface area contributed by atoms with E-state index in [0.29, 0.717) is 44.2 Å². The zero-order valence-corrected chi connectivity index (χ0v) is 18.0. The van der Waals surface area contributed by atoms with Crippen LogP contribution in [0.15, 0.2) is 48.5 Å². The number of hydrogen-bond donors (Lipinski definition) is 1. The minimum atomic E-state index is -0.628. The van der Waals surface area contributed by atoms with Crippen LogP contribution in [-0.4, -0.2) is 66.5 Å². The van der Waals surface area contributed by atoms with Crippen LogP contribution in [0.4, 0.5) is 0 Å². The first-order chi connectivity index (χ1) is 15.0. The first-order valence-corrected chi connectivity index (χ1v) is 10.8. The normalized spacial score (nSPS) is 19.5. The molecule has 31 heavy (non-hydrogen) atoms.